The predicted molar refractivity (Wildman–Crippen MR) is 100 cm³/mol. The fourth-order valence-electron chi connectivity index (χ4n) is 2.24. The van der Waals surface area contributed by atoms with Gasteiger partial charge in [-0.1, -0.05) is 38.0 Å². The monoisotopic (exact) mass is 388 g/mol. The van der Waals surface area contributed by atoms with Crippen LogP contribution in [0, 0.1) is 0 Å². The number of amides is 2. The normalized spacial score (nSPS) is 10.2. The summed E-state index contributed by atoms with van der Waals surface area (Å²) in [6.45, 7) is 2.77. The second-order valence-corrected chi connectivity index (χ2v) is 6.33. The summed E-state index contributed by atoms with van der Waals surface area (Å²) >= 11 is 3.40. The maximum absolute atomic E-state index is 12.4. The predicted octanol–water partition coefficient (Wildman–Crippen LogP) is 4.62. The van der Waals surface area contributed by atoms with E-state index in [1.807, 2.05) is 24.3 Å². The fourth-order valence-corrected chi connectivity index (χ4v) is 2.62. The first-order valence-corrected chi connectivity index (χ1v) is 8.85. The zero-order valence-corrected chi connectivity index (χ0v) is 15.2. The van der Waals surface area contributed by atoms with E-state index in [9.17, 15) is 9.59 Å². The molecule has 2 rings (SSSR count). The van der Waals surface area contributed by atoms with Gasteiger partial charge in [-0.25, -0.2) is 0 Å². The highest BCUT2D eigenvalue weighted by molar-refractivity contribution is 9.10. The average Bonchev–Trinajstić information content (AvgIpc) is 2.60. The molecule has 0 spiro atoms. The molecule has 24 heavy (non-hydrogen) atoms. The van der Waals surface area contributed by atoms with Crippen LogP contribution in [-0.4, -0.2) is 18.4 Å². The van der Waals surface area contributed by atoms with E-state index >= 15 is 0 Å². The first kappa shape index (κ1) is 18.2. The van der Waals surface area contributed by atoms with Gasteiger partial charge in [0.05, 0.1) is 5.69 Å². The van der Waals surface area contributed by atoms with E-state index in [4.69, 9.17) is 0 Å². The largest absolute Gasteiger partial charge is 0.352 e. The number of nitrogens with one attached hydrogen (secondary N) is 2. The summed E-state index contributed by atoms with van der Waals surface area (Å²) in [7, 11) is 0. The average molecular weight is 389 g/mol. The van der Waals surface area contributed by atoms with Crippen LogP contribution < -0.4 is 10.6 Å². The number of halogens is 1. The zero-order chi connectivity index (χ0) is 17.4. The van der Waals surface area contributed by atoms with Crippen molar-refractivity contribution in [3.05, 3.63) is 64.1 Å². The molecule has 0 aliphatic heterocycles. The van der Waals surface area contributed by atoms with Gasteiger partial charge in [-0.15, -0.1) is 0 Å². The van der Waals surface area contributed by atoms with Gasteiger partial charge in [0.25, 0.3) is 11.8 Å². The van der Waals surface area contributed by atoms with Crippen molar-refractivity contribution in [1.82, 2.24) is 5.32 Å². The smallest absolute Gasteiger partial charge is 0.255 e. The minimum atomic E-state index is -0.248. The molecule has 4 nitrogen and oxygen atoms in total. The van der Waals surface area contributed by atoms with E-state index in [-0.39, 0.29) is 11.8 Å². The number of unbranched alkanes of at least 4 members (excludes halogenated alkanes) is 2. The highest BCUT2D eigenvalue weighted by Crippen LogP contribution is 2.22. The highest BCUT2D eigenvalue weighted by Gasteiger charge is 2.11. The van der Waals surface area contributed by atoms with Crippen molar-refractivity contribution in [2.45, 2.75) is 26.2 Å². The molecule has 126 valence electrons. The molecule has 0 saturated heterocycles. The Morgan fingerprint density at radius 3 is 2.38 bits per heavy atom. The number of carbonyl (C=O) groups excluding carboxylic acids is 2. The second-order valence-electron chi connectivity index (χ2n) is 5.48. The number of benzene rings is 2. The summed E-state index contributed by atoms with van der Waals surface area (Å²) in [6, 6.07) is 14.1. The lowest BCUT2D eigenvalue weighted by Gasteiger charge is -2.09. The van der Waals surface area contributed by atoms with Crippen molar-refractivity contribution in [1.29, 1.82) is 0 Å². The Morgan fingerprint density at radius 2 is 1.67 bits per heavy atom. The summed E-state index contributed by atoms with van der Waals surface area (Å²) in [5.74, 6) is -0.399. The van der Waals surface area contributed by atoms with Gasteiger partial charge in [0, 0.05) is 22.1 Å². The van der Waals surface area contributed by atoms with Crippen LogP contribution >= 0.6 is 15.9 Å². The first-order valence-electron chi connectivity index (χ1n) is 8.06. The van der Waals surface area contributed by atoms with Gasteiger partial charge in [0.1, 0.15) is 0 Å². The van der Waals surface area contributed by atoms with Crippen molar-refractivity contribution in [3.63, 3.8) is 0 Å². The van der Waals surface area contributed by atoms with Crippen LogP contribution in [0.2, 0.25) is 0 Å². The lowest BCUT2D eigenvalue weighted by atomic mass is 10.1. The van der Waals surface area contributed by atoms with Gasteiger partial charge in [-0.3, -0.25) is 9.59 Å². The van der Waals surface area contributed by atoms with Crippen LogP contribution in [0.25, 0.3) is 0 Å². The summed E-state index contributed by atoms with van der Waals surface area (Å²) in [4.78, 5) is 24.5. The van der Waals surface area contributed by atoms with Crippen LogP contribution in [0.3, 0.4) is 0 Å². The highest BCUT2D eigenvalue weighted by atomic mass is 79.9. The molecule has 0 radical (unpaired) electrons. The van der Waals surface area contributed by atoms with Crippen molar-refractivity contribution in [2.24, 2.45) is 0 Å². The van der Waals surface area contributed by atoms with Crippen LogP contribution in [-0.2, 0) is 0 Å². The topological polar surface area (TPSA) is 58.2 Å². The van der Waals surface area contributed by atoms with Crippen LogP contribution in [0.5, 0.6) is 0 Å². The number of para-hydroxylation sites is 1. The van der Waals surface area contributed by atoms with Crippen LogP contribution in [0.15, 0.2) is 53.0 Å². The van der Waals surface area contributed by atoms with Crippen LogP contribution in [0.4, 0.5) is 5.69 Å². The third kappa shape index (κ3) is 5.20. The summed E-state index contributed by atoms with van der Waals surface area (Å²) in [6.07, 6.45) is 3.17. The van der Waals surface area contributed by atoms with E-state index in [1.54, 1.807) is 24.3 Å². The minimum absolute atomic E-state index is 0.151. The number of rotatable bonds is 7. The molecule has 2 aromatic carbocycles. The van der Waals surface area contributed by atoms with Gasteiger partial charge in [-0.05, 0) is 52.7 Å². The van der Waals surface area contributed by atoms with E-state index in [2.05, 4.69) is 33.5 Å². The van der Waals surface area contributed by atoms with Gasteiger partial charge < -0.3 is 10.6 Å². The van der Waals surface area contributed by atoms with Crippen LogP contribution in [0.1, 0.15) is 46.9 Å². The minimum Gasteiger partial charge on any atom is -0.352 e. The van der Waals surface area contributed by atoms with Gasteiger partial charge in [-0.2, -0.15) is 0 Å². The molecular weight excluding hydrogens is 368 g/mol. The van der Waals surface area contributed by atoms with Crippen molar-refractivity contribution < 1.29 is 9.59 Å². The molecule has 0 aliphatic carbocycles. The third-order valence-corrected chi connectivity index (χ3v) is 4.27. The lowest BCUT2D eigenvalue weighted by Crippen LogP contribution is -2.24. The molecule has 2 amide bonds. The van der Waals surface area contributed by atoms with E-state index in [0.29, 0.717) is 23.4 Å². The molecule has 0 atom stereocenters. The van der Waals surface area contributed by atoms with E-state index in [0.717, 1.165) is 23.7 Å². The number of hydrogen-bond donors (Lipinski definition) is 2. The fraction of sp³-hybridized carbons (Fsp3) is 0.263. The number of hydrogen-bond acceptors (Lipinski definition) is 2. The molecule has 2 N–H and O–H groups in total. The third-order valence-electron chi connectivity index (χ3n) is 3.57. The summed E-state index contributed by atoms with van der Waals surface area (Å²) in [5.41, 5.74) is 1.63. The van der Waals surface area contributed by atoms with Crippen molar-refractivity contribution in [3.8, 4) is 0 Å². The van der Waals surface area contributed by atoms with Gasteiger partial charge in [0.15, 0.2) is 0 Å². The quantitative estimate of drug-likeness (QED) is 0.679. The first-order chi connectivity index (χ1) is 11.6. The Balaban J connectivity index is 2.02. The Labute approximate surface area is 150 Å². The molecule has 5 heteroatoms. The summed E-state index contributed by atoms with van der Waals surface area (Å²) in [5, 5.41) is 5.72. The molecule has 0 fully saturated rings. The molecule has 0 heterocycles. The maximum Gasteiger partial charge on any atom is 0.255 e. The molecule has 0 bridgehead atoms. The van der Waals surface area contributed by atoms with E-state index in [1.165, 1.54) is 0 Å². The molecule has 2 aromatic rings. The Kier molecular flexibility index (Phi) is 7.00. The standard InChI is InChI=1S/C19H21BrN2O2/c1-2-3-6-12-21-18(23)14-8-7-9-15(13-14)19(24)22-17-11-5-4-10-16(17)20/h4-5,7-11,13H,2-3,6,12H2,1H3,(H,21,23)(H,22,24). The SMILES string of the molecule is CCCCCNC(=O)c1cccc(C(=O)Nc2ccccc2Br)c1. The van der Waals surface area contributed by atoms with E-state index < -0.39 is 0 Å². The zero-order valence-electron chi connectivity index (χ0n) is 13.6. The molecule has 0 unspecified atom stereocenters. The van der Waals surface area contributed by atoms with Gasteiger partial charge in [0.2, 0.25) is 0 Å². The Hall–Kier alpha value is -2.14. The molecule has 0 aromatic heterocycles. The van der Waals surface area contributed by atoms with Crippen molar-refractivity contribution in [2.75, 3.05) is 11.9 Å². The molecule has 0 saturated carbocycles. The van der Waals surface area contributed by atoms with Crippen molar-refractivity contribution >= 4 is 33.4 Å². The lowest BCUT2D eigenvalue weighted by molar-refractivity contribution is 0.0953. The number of carbonyl (C=O) groups is 2. The van der Waals surface area contributed by atoms with Gasteiger partial charge >= 0.3 is 0 Å². The maximum atomic E-state index is 12.4. The Morgan fingerprint density at radius 1 is 0.958 bits per heavy atom. The molecule has 0 aliphatic rings. The summed E-state index contributed by atoms with van der Waals surface area (Å²) < 4.78 is 0.808. The molecular formula is C19H21BrN2O2. The second kappa shape index (κ2) is 9.23. The number of anilines is 1. The Bertz CT molecular complexity index is 716.